The van der Waals surface area contributed by atoms with Crippen LogP contribution in [0, 0.1) is 6.92 Å². The Morgan fingerprint density at radius 3 is 2.40 bits per heavy atom. The van der Waals surface area contributed by atoms with Gasteiger partial charge in [-0.2, -0.15) is 0 Å². The summed E-state index contributed by atoms with van der Waals surface area (Å²) in [6, 6.07) is 16.7. The molecule has 2 aromatic carbocycles. The van der Waals surface area contributed by atoms with Crippen LogP contribution in [0.1, 0.15) is 23.1 Å². The molecule has 3 aromatic rings. The number of nitrogens with one attached hydrogen (secondary N) is 1. The Balaban J connectivity index is 2.20. The SMILES string of the molecule is CNC(c1ccc(C)o1)c1ccc(Br)c2ccccc12. The van der Waals surface area contributed by atoms with Crippen molar-refractivity contribution in [3.63, 3.8) is 0 Å². The van der Waals surface area contributed by atoms with E-state index >= 15 is 0 Å². The Labute approximate surface area is 126 Å². The van der Waals surface area contributed by atoms with Crippen LogP contribution in [-0.4, -0.2) is 7.05 Å². The first-order chi connectivity index (χ1) is 9.70. The Hall–Kier alpha value is -1.58. The van der Waals surface area contributed by atoms with Crippen molar-refractivity contribution in [2.75, 3.05) is 7.05 Å². The van der Waals surface area contributed by atoms with Crippen LogP contribution in [0.4, 0.5) is 0 Å². The van der Waals surface area contributed by atoms with Crippen molar-refractivity contribution in [2.45, 2.75) is 13.0 Å². The van der Waals surface area contributed by atoms with Crippen molar-refractivity contribution in [1.29, 1.82) is 0 Å². The van der Waals surface area contributed by atoms with E-state index in [2.05, 4.69) is 57.6 Å². The zero-order valence-electron chi connectivity index (χ0n) is 11.5. The highest BCUT2D eigenvalue weighted by Crippen LogP contribution is 2.33. The summed E-state index contributed by atoms with van der Waals surface area (Å²) in [5, 5.41) is 5.80. The number of fused-ring (bicyclic) bond motifs is 1. The van der Waals surface area contributed by atoms with E-state index in [4.69, 9.17) is 4.42 Å². The third-order valence-electron chi connectivity index (χ3n) is 3.55. The summed E-state index contributed by atoms with van der Waals surface area (Å²) in [6.07, 6.45) is 0. The summed E-state index contributed by atoms with van der Waals surface area (Å²) in [5.41, 5.74) is 1.22. The Bertz CT molecular complexity index is 748. The minimum atomic E-state index is 0.0571. The van der Waals surface area contributed by atoms with Gasteiger partial charge >= 0.3 is 0 Å². The molecule has 102 valence electrons. The molecule has 0 amide bonds. The molecular weight excluding hydrogens is 314 g/mol. The molecule has 2 nitrogen and oxygen atoms in total. The van der Waals surface area contributed by atoms with Gasteiger partial charge in [0.25, 0.3) is 0 Å². The van der Waals surface area contributed by atoms with Gasteiger partial charge in [-0.25, -0.2) is 0 Å². The van der Waals surface area contributed by atoms with Crippen LogP contribution in [0.25, 0.3) is 10.8 Å². The number of rotatable bonds is 3. The minimum absolute atomic E-state index is 0.0571. The number of hydrogen-bond acceptors (Lipinski definition) is 2. The molecule has 0 bridgehead atoms. The second-order valence-electron chi connectivity index (χ2n) is 4.85. The van der Waals surface area contributed by atoms with Crippen LogP contribution < -0.4 is 5.32 Å². The third kappa shape index (κ3) is 2.28. The largest absolute Gasteiger partial charge is 0.464 e. The topological polar surface area (TPSA) is 25.2 Å². The van der Waals surface area contributed by atoms with Gasteiger partial charge in [-0.05, 0) is 48.5 Å². The summed E-state index contributed by atoms with van der Waals surface area (Å²) in [7, 11) is 1.96. The summed E-state index contributed by atoms with van der Waals surface area (Å²) >= 11 is 3.62. The average molecular weight is 330 g/mol. The summed E-state index contributed by atoms with van der Waals surface area (Å²) in [4.78, 5) is 0. The maximum absolute atomic E-state index is 5.80. The summed E-state index contributed by atoms with van der Waals surface area (Å²) < 4.78 is 6.91. The number of halogens is 1. The van der Waals surface area contributed by atoms with Crippen molar-refractivity contribution in [1.82, 2.24) is 5.32 Å². The fourth-order valence-corrected chi connectivity index (χ4v) is 3.07. The normalized spacial score (nSPS) is 12.8. The Morgan fingerprint density at radius 1 is 1.00 bits per heavy atom. The maximum Gasteiger partial charge on any atom is 0.125 e. The molecule has 0 saturated carbocycles. The van der Waals surface area contributed by atoms with Crippen LogP contribution in [-0.2, 0) is 0 Å². The minimum Gasteiger partial charge on any atom is -0.464 e. The van der Waals surface area contributed by atoms with Gasteiger partial charge in [0.1, 0.15) is 11.5 Å². The molecule has 1 aromatic heterocycles. The molecule has 0 fully saturated rings. The van der Waals surface area contributed by atoms with E-state index in [1.807, 2.05) is 26.1 Å². The molecule has 3 rings (SSSR count). The van der Waals surface area contributed by atoms with Crippen molar-refractivity contribution < 1.29 is 4.42 Å². The fourth-order valence-electron chi connectivity index (χ4n) is 2.60. The number of benzene rings is 2. The highest BCUT2D eigenvalue weighted by atomic mass is 79.9. The molecule has 3 heteroatoms. The molecule has 0 aliphatic heterocycles. The highest BCUT2D eigenvalue weighted by Gasteiger charge is 2.18. The van der Waals surface area contributed by atoms with E-state index in [1.165, 1.54) is 16.3 Å². The van der Waals surface area contributed by atoms with Gasteiger partial charge in [0.2, 0.25) is 0 Å². The molecule has 0 spiro atoms. The monoisotopic (exact) mass is 329 g/mol. The summed E-state index contributed by atoms with van der Waals surface area (Å²) in [6.45, 7) is 1.97. The lowest BCUT2D eigenvalue weighted by Gasteiger charge is -2.17. The number of aryl methyl sites for hydroxylation is 1. The van der Waals surface area contributed by atoms with Crippen LogP contribution >= 0.6 is 15.9 Å². The first kappa shape index (κ1) is 13.4. The number of hydrogen-bond donors (Lipinski definition) is 1. The summed E-state index contributed by atoms with van der Waals surface area (Å²) in [5.74, 6) is 1.87. The molecule has 1 atom stereocenters. The second-order valence-corrected chi connectivity index (χ2v) is 5.71. The van der Waals surface area contributed by atoms with Crippen LogP contribution in [0.5, 0.6) is 0 Å². The lowest BCUT2D eigenvalue weighted by atomic mass is 9.97. The Kier molecular flexibility index (Phi) is 3.64. The molecule has 0 radical (unpaired) electrons. The highest BCUT2D eigenvalue weighted by molar-refractivity contribution is 9.10. The zero-order valence-corrected chi connectivity index (χ0v) is 13.1. The molecule has 20 heavy (non-hydrogen) atoms. The van der Waals surface area contributed by atoms with Crippen LogP contribution in [0.15, 0.2) is 57.4 Å². The van der Waals surface area contributed by atoms with E-state index in [0.29, 0.717) is 0 Å². The van der Waals surface area contributed by atoms with Crippen LogP contribution in [0.2, 0.25) is 0 Å². The molecular formula is C17H16BrNO. The van der Waals surface area contributed by atoms with Gasteiger partial charge < -0.3 is 9.73 Å². The number of furan rings is 1. The first-order valence-electron chi connectivity index (χ1n) is 6.61. The predicted octanol–water partition coefficient (Wildman–Crippen LogP) is 4.81. The maximum atomic E-state index is 5.80. The third-order valence-corrected chi connectivity index (χ3v) is 4.24. The van der Waals surface area contributed by atoms with Crippen molar-refractivity contribution in [3.8, 4) is 0 Å². The Morgan fingerprint density at radius 2 is 1.75 bits per heavy atom. The van der Waals surface area contributed by atoms with E-state index in [0.717, 1.165) is 16.0 Å². The van der Waals surface area contributed by atoms with E-state index in [1.54, 1.807) is 0 Å². The van der Waals surface area contributed by atoms with Crippen molar-refractivity contribution in [3.05, 3.63) is 70.1 Å². The van der Waals surface area contributed by atoms with Crippen molar-refractivity contribution >= 4 is 26.7 Å². The first-order valence-corrected chi connectivity index (χ1v) is 7.40. The average Bonchev–Trinajstić information content (AvgIpc) is 2.89. The predicted molar refractivity (Wildman–Crippen MR) is 86.0 cm³/mol. The molecule has 1 unspecified atom stereocenters. The second kappa shape index (κ2) is 5.43. The van der Waals surface area contributed by atoms with E-state index < -0.39 is 0 Å². The van der Waals surface area contributed by atoms with Gasteiger partial charge in [-0.1, -0.05) is 46.3 Å². The molecule has 1 N–H and O–H groups in total. The molecule has 1 heterocycles. The standard InChI is InChI=1S/C17H16BrNO/c1-11-7-10-16(20-11)17(19-2)14-8-9-15(18)13-6-4-3-5-12(13)14/h3-10,17,19H,1-2H3. The van der Waals surface area contributed by atoms with Gasteiger partial charge in [-0.15, -0.1) is 0 Å². The lowest BCUT2D eigenvalue weighted by Crippen LogP contribution is -2.17. The lowest BCUT2D eigenvalue weighted by molar-refractivity contribution is 0.445. The molecule has 0 aliphatic carbocycles. The van der Waals surface area contributed by atoms with Crippen molar-refractivity contribution in [2.24, 2.45) is 0 Å². The van der Waals surface area contributed by atoms with E-state index in [9.17, 15) is 0 Å². The smallest absolute Gasteiger partial charge is 0.125 e. The molecule has 0 aliphatic rings. The quantitative estimate of drug-likeness (QED) is 0.745. The van der Waals surface area contributed by atoms with Gasteiger partial charge in [-0.3, -0.25) is 0 Å². The van der Waals surface area contributed by atoms with Gasteiger partial charge in [0.05, 0.1) is 6.04 Å². The van der Waals surface area contributed by atoms with E-state index in [-0.39, 0.29) is 6.04 Å². The zero-order chi connectivity index (χ0) is 14.1. The molecule has 0 saturated heterocycles. The fraction of sp³-hybridized carbons (Fsp3) is 0.176. The van der Waals surface area contributed by atoms with Gasteiger partial charge in [0, 0.05) is 4.47 Å². The van der Waals surface area contributed by atoms with Gasteiger partial charge in [0.15, 0.2) is 0 Å². The van der Waals surface area contributed by atoms with Crippen LogP contribution in [0.3, 0.4) is 0 Å².